The van der Waals surface area contributed by atoms with Gasteiger partial charge in [-0.1, -0.05) is 36.2 Å². The van der Waals surface area contributed by atoms with Gasteiger partial charge in [0.1, 0.15) is 11.3 Å². The lowest BCUT2D eigenvalue weighted by atomic mass is 9.92. The maximum Gasteiger partial charge on any atom is 0.179 e. The molecule has 6 nitrogen and oxygen atoms in total. The van der Waals surface area contributed by atoms with Crippen molar-refractivity contribution in [3.63, 3.8) is 0 Å². The molecule has 2 aliphatic rings. The van der Waals surface area contributed by atoms with Gasteiger partial charge < -0.3 is 4.90 Å². The maximum atomic E-state index is 6.49. The Balaban J connectivity index is 1.44. The van der Waals surface area contributed by atoms with Gasteiger partial charge >= 0.3 is 0 Å². The molecule has 1 aromatic carbocycles. The molecule has 0 bridgehead atoms. The predicted octanol–water partition coefficient (Wildman–Crippen LogP) is 5.36. The first-order valence-electron chi connectivity index (χ1n) is 11.6. The topological polar surface area (TPSA) is 50.1 Å². The molecule has 0 aliphatic carbocycles. The number of fused-ring (bicyclic) bond motifs is 1. The summed E-state index contributed by atoms with van der Waals surface area (Å²) in [4.78, 5) is 14.9. The van der Waals surface area contributed by atoms with Crippen LogP contribution in [0.15, 0.2) is 24.4 Å². The van der Waals surface area contributed by atoms with E-state index in [1.54, 1.807) is 6.07 Å². The molecule has 32 heavy (non-hydrogen) atoms. The third kappa shape index (κ3) is 3.97. The number of likely N-dealkylation sites (tertiary alicyclic amines) is 1. The second-order valence-corrected chi connectivity index (χ2v) is 10.1. The van der Waals surface area contributed by atoms with Crippen LogP contribution in [0.1, 0.15) is 50.4 Å². The third-order valence-electron chi connectivity index (χ3n) is 7.13. The van der Waals surface area contributed by atoms with E-state index in [9.17, 15) is 0 Å². The van der Waals surface area contributed by atoms with E-state index in [1.165, 1.54) is 32.4 Å². The van der Waals surface area contributed by atoms with Crippen molar-refractivity contribution in [1.29, 1.82) is 0 Å². The molecule has 2 unspecified atom stereocenters. The van der Waals surface area contributed by atoms with E-state index >= 15 is 0 Å². The zero-order valence-corrected chi connectivity index (χ0v) is 20.4. The average molecular weight is 473 g/mol. The fraction of sp³-hybridized carbons (Fsp3) is 0.542. The molecular weight excluding hydrogens is 443 g/mol. The smallest absolute Gasteiger partial charge is 0.179 e. The summed E-state index contributed by atoms with van der Waals surface area (Å²) in [5.41, 5.74) is 3.48. The second-order valence-electron chi connectivity index (χ2n) is 9.29. The highest BCUT2D eigenvalue weighted by Crippen LogP contribution is 2.32. The summed E-state index contributed by atoms with van der Waals surface area (Å²) in [7, 11) is 0. The lowest BCUT2D eigenvalue weighted by Crippen LogP contribution is -2.49. The van der Waals surface area contributed by atoms with Crippen molar-refractivity contribution in [2.24, 2.45) is 5.92 Å². The number of aromatic nitrogens is 4. The van der Waals surface area contributed by atoms with E-state index < -0.39 is 0 Å². The first kappa shape index (κ1) is 21.9. The molecule has 0 saturated carbocycles. The van der Waals surface area contributed by atoms with Gasteiger partial charge in [0, 0.05) is 29.2 Å². The third-order valence-corrected chi connectivity index (χ3v) is 7.69. The molecule has 8 heteroatoms. The molecule has 2 aromatic heterocycles. The van der Waals surface area contributed by atoms with Crippen LogP contribution in [0, 0.1) is 12.8 Å². The monoisotopic (exact) mass is 472 g/mol. The minimum Gasteiger partial charge on any atom is -0.355 e. The Bertz CT molecular complexity index is 1120. The highest BCUT2D eigenvalue weighted by atomic mass is 35.5. The molecule has 0 N–H and O–H groups in total. The molecule has 4 heterocycles. The van der Waals surface area contributed by atoms with Crippen LogP contribution in [0.3, 0.4) is 0 Å². The van der Waals surface area contributed by atoms with Crippen LogP contribution < -0.4 is 4.90 Å². The summed E-state index contributed by atoms with van der Waals surface area (Å²) in [5, 5.41) is 6.03. The van der Waals surface area contributed by atoms with Crippen molar-refractivity contribution in [1.82, 2.24) is 24.6 Å². The van der Waals surface area contributed by atoms with Gasteiger partial charge in [-0.25, -0.2) is 14.6 Å². The van der Waals surface area contributed by atoms with Gasteiger partial charge in [0.15, 0.2) is 5.65 Å². The number of anilines is 1. The van der Waals surface area contributed by atoms with Gasteiger partial charge in [-0.3, -0.25) is 4.90 Å². The van der Waals surface area contributed by atoms with Gasteiger partial charge in [-0.15, -0.1) is 0 Å². The Morgan fingerprint density at radius 3 is 2.62 bits per heavy atom. The van der Waals surface area contributed by atoms with Crippen LogP contribution in [-0.2, 0) is 0 Å². The summed E-state index contributed by atoms with van der Waals surface area (Å²) in [6.45, 7) is 11.0. The van der Waals surface area contributed by atoms with Crippen molar-refractivity contribution < 1.29 is 0 Å². The van der Waals surface area contributed by atoms with Crippen LogP contribution >= 0.6 is 23.2 Å². The largest absolute Gasteiger partial charge is 0.355 e. The lowest BCUT2D eigenvalue weighted by molar-refractivity contribution is 0.158. The molecule has 3 aromatic rings. The Hall–Kier alpha value is -1.89. The van der Waals surface area contributed by atoms with Crippen LogP contribution in [-0.4, -0.2) is 56.9 Å². The number of rotatable bonds is 4. The summed E-state index contributed by atoms with van der Waals surface area (Å²) in [6.07, 6.45) is 5.77. The second kappa shape index (κ2) is 8.81. The number of piperidine rings is 1. The zero-order valence-electron chi connectivity index (χ0n) is 18.9. The maximum absolute atomic E-state index is 6.49. The molecule has 0 amide bonds. The van der Waals surface area contributed by atoms with Gasteiger partial charge in [-0.2, -0.15) is 5.10 Å². The van der Waals surface area contributed by atoms with E-state index in [0.29, 0.717) is 22.0 Å². The highest BCUT2D eigenvalue weighted by Gasteiger charge is 2.32. The standard InChI is InChI=1S/C24H30Cl2N6/c1-15-14-31(11-8-21(15)30-9-4-5-10-30)22-13-27-23-16(2)29-32(24(23)28-22)17(3)19-7-6-18(25)12-20(19)26/h6-7,12-13,15,17,21H,4-5,8-11,14H2,1-3H3/t15-,17?,21?/m1/s1. The number of nitrogens with zero attached hydrogens (tertiary/aromatic N) is 6. The Morgan fingerprint density at radius 1 is 1.12 bits per heavy atom. The molecule has 2 aliphatic heterocycles. The molecule has 3 atom stereocenters. The zero-order chi connectivity index (χ0) is 22.4. The predicted molar refractivity (Wildman–Crippen MR) is 131 cm³/mol. The summed E-state index contributed by atoms with van der Waals surface area (Å²) < 4.78 is 1.94. The summed E-state index contributed by atoms with van der Waals surface area (Å²) >= 11 is 12.6. The molecule has 170 valence electrons. The quantitative estimate of drug-likeness (QED) is 0.511. The van der Waals surface area contributed by atoms with Gasteiger partial charge in [0.05, 0.1) is 17.9 Å². The van der Waals surface area contributed by atoms with Crippen molar-refractivity contribution in [3.05, 3.63) is 45.7 Å². The van der Waals surface area contributed by atoms with E-state index in [-0.39, 0.29) is 6.04 Å². The van der Waals surface area contributed by atoms with Crippen LogP contribution in [0.5, 0.6) is 0 Å². The van der Waals surface area contributed by atoms with Crippen LogP contribution in [0.25, 0.3) is 11.2 Å². The van der Waals surface area contributed by atoms with Crippen LogP contribution in [0.4, 0.5) is 5.82 Å². The first-order valence-corrected chi connectivity index (χ1v) is 12.3. The van der Waals surface area contributed by atoms with Gasteiger partial charge in [0.2, 0.25) is 0 Å². The molecular formula is C24H30Cl2N6. The van der Waals surface area contributed by atoms with E-state index in [0.717, 1.165) is 41.3 Å². The van der Waals surface area contributed by atoms with Crippen molar-refractivity contribution in [2.75, 3.05) is 31.1 Å². The summed E-state index contributed by atoms with van der Waals surface area (Å²) in [6, 6.07) is 6.20. The lowest BCUT2D eigenvalue weighted by Gasteiger charge is -2.41. The van der Waals surface area contributed by atoms with Crippen LogP contribution in [0.2, 0.25) is 10.0 Å². The van der Waals surface area contributed by atoms with Gasteiger partial charge in [-0.05, 0) is 69.8 Å². The van der Waals surface area contributed by atoms with E-state index in [4.69, 9.17) is 38.3 Å². The minimum atomic E-state index is -0.0830. The SMILES string of the molecule is Cc1nn(C(C)c2ccc(Cl)cc2Cl)c2nc(N3CCC(N4CCCC4)[C@H](C)C3)cnc12. The van der Waals surface area contributed by atoms with E-state index in [2.05, 4.69) is 23.6 Å². The Morgan fingerprint density at radius 2 is 1.91 bits per heavy atom. The fourth-order valence-corrected chi connectivity index (χ4v) is 5.96. The van der Waals surface area contributed by atoms with Gasteiger partial charge in [0.25, 0.3) is 0 Å². The summed E-state index contributed by atoms with van der Waals surface area (Å²) in [5.74, 6) is 1.54. The number of halogens is 2. The number of aryl methyl sites for hydroxylation is 1. The average Bonchev–Trinajstić information content (AvgIpc) is 3.41. The molecule has 0 radical (unpaired) electrons. The van der Waals surface area contributed by atoms with Crippen molar-refractivity contribution in [2.45, 2.75) is 52.1 Å². The molecule has 5 rings (SSSR count). The number of hydrogen-bond acceptors (Lipinski definition) is 5. The van der Waals surface area contributed by atoms with E-state index in [1.807, 2.05) is 29.9 Å². The van der Waals surface area contributed by atoms with Crippen molar-refractivity contribution >= 4 is 40.2 Å². The minimum absolute atomic E-state index is 0.0830. The van der Waals surface area contributed by atoms with Crippen molar-refractivity contribution in [3.8, 4) is 0 Å². The Kier molecular flexibility index (Phi) is 6.03. The number of benzene rings is 1. The Labute approximate surface area is 199 Å². The molecule has 2 fully saturated rings. The normalized spacial score (nSPS) is 23.2. The first-order chi connectivity index (χ1) is 15.4. The fourth-order valence-electron chi connectivity index (χ4n) is 5.39. The molecule has 0 spiro atoms. The molecule has 2 saturated heterocycles. The number of hydrogen-bond donors (Lipinski definition) is 0. The highest BCUT2D eigenvalue weighted by molar-refractivity contribution is 6.35.